The molecular weight excluding hydrogens is 228 g/mol. The van der Waals surface area contributed by atoms with Crippen LogP contribution in [0.5, 0.6) is 0 Å². The molecule has 0 unspecified atom stereocenters. The van der Waals surface area contributed by atoms with Gasteiger partial charge >= 0.3 is 0 Å². The van der Waals surface area contributed by atoms with Gasteiger partial charge < -0.3 is 4.52 Å². The summed E-state index contributed by atoms with van der Waals surface area (Å²) in [5.41, 5.74) is -0.684. The number of halogens is 2. The van der Waals surface area contributed by atoms with Crippen LogP contribution in [-0.2, 0) is 6.54 Å². The van der Waals surface area contributed by atoms with Crippen molar-refractivity contribution in [2.75, 3.05) is 13.1 Å². The van der Waals surface area contributed by atoms with Gasteiger partial charge in [-0.1, -0.05) is 5.16 Å². The van der Waals surface area contributed by atoms with E-state index in [0.29, 0.717) is 44.2 Å². The molecule has 1 aromatic rings. The van der Waals surface area contributed by atoms with Crippen molar-refractivity contribution in [3.05, 3.63) is 11.7 Å². The van der Waals surface area contributed by atoms with Gasteiger partial charge in [0.15, 0.2) is 5.82 Å². The summed E-state index contributed by atoms with van der Waals surface area (Å²) >= 11 is 0. The molecule has 1 spiro atoms. The Balaban J connectivity index is 1.56. The van der Waals surface area contributed by atoms with Crippen molar-refractivity contribution >= 4 is 0 Å². The Bertz CT molecular complexity index is 424. The molecule has 1 saturated heterocycles. The second-order valence-electron chi connectivity index (χ2n) is 5.17. The first kappa shape index (κ1) is 11.1. The molecule has 94 valence electrons. The van der Waals surface area contributed by atoms with Crippen LogP contribution in [0.4, 0.5) is 8.78 Å². The summed E-state index contributed by atoms with van der Waals surface area (Å²) in [4.78, 5) is 6.23. The molecule has 2 fully saturated rings. The fourth-order valence-corrected chi connectivity index (χ4v) is 2.67. The third-order valence-electron chi connectivity index (χ3n) is 3.96. The summed E-state index contributed by atoms with van der Waals surface area (Å²) in [6.07, 6.45) is 1.24. The van der Waals surface area contributed by atoms with E-state index in [1.165, 1.54) is 0 Å². The highest BCUT2D eigenvalue weighted by Crippen LogP contribution is 2.65. The smallest absolute Gasteiger partial charge is 0.254 e. The highest BCUT2D eigenvalue weighted by atomic mass is 19.3. The normalized spacial score (nSPS) is 26.3. The zero-order valence-electron chi connectivity index (χ0n) is 9.75. The van der Waals surface area contributed by atoms with Gasteiger partial charge in [-0.2, -0.15) is 4.98 Å². The molecule has 2 aliphatic rings. The van der Waals surface area contributed by atoms with Crippen LogP contribution in [0.3, 0.4) is 0 Å². The third-order valence-corrected chi connectivity index (χ3v) is 3.96. The van der Waals surface area contributed by atoms with Crippen LogP contribution in [0, 0.1) is 12.3 Å². The van der Waals surface area contributed by atoms with E-state index in [2.05, 4.69) is 15.0 Å². The van der Waals surface area contributed by atoms with E-state index in [1.807, 2.05) is 0 Å². The molecule has 0 N–H and O–H groups in total. The van der Waals surface area contributed by atoms with Crippen LogP contribution >= 0.6 is 0 Å². The predicted octanol–water partition coefficient (Wildman–Crippen LogP) is 2.00. The maximum atomic E-state index is 13.2. The Labute approximate surface area is 98.0 Å². The largest absolute Gasteiger partial charge is 0.340 e. The Morgan fingerprint density at radius 3 is 2.47 bits per heavy atom. The number of nitrogens with zero attached hydrogens (tertiary/aromatic N) is 3. The third kappa shape index (κ3) is 1.84. The SMILES string of the molecule is Cc1nc(CN2CCC3(CC2)CC3(F)F)no1. The lowest BCUT2D eigenvalue weighted by molar-refractivity contribution is 0.0294. The maximum Gasteiger partial charge on any atom is 0.254 e. The fourth-order valence-electron chi connectivity index (χ4n) is 2.67. The standard InChI is InChI=1S/C11H15F2N3O/c1-8-14-9(15-17-8)6-16-4-2-10(3-5-16)7-11(10,12)13/h2-7H2,1H3. The number of hydrogen-bond acceptors (Lipinski definition) is 4. The van der Waals surface area contributed by atoms with Crippen LogP contribution in [0.2, 0.25) is 0 Å². The number of aryl methyl sites for hydroxylation is 1. The lowest BCUT2D eigenvalue weighted by Crippen LogP contribution is -2.36. The molecule has 3 rings (SSSR count). The van der Waals surface area contributed by atoms with Gasteiger partial charge in [-0.15, -0.1) is 0 Å². The zero-order chi connectivity index (χ0) is 12.1. The van der Waals surface area contributed by atoms with E-state index in [1.54, 1.807) is 6.92 Å². The molecule has 17 heavy (non-hydrogen) atoms. The van der Waals surface area contributed by atoms with Crippen molar-refractivity contribution in [2.24, 2.45) is 5.41 Å². The maximum absolute atomic E-state index is 13.2. The van der Waals surface area contributed by atoms with Crippen molar-refractivity contribution in [3.8, 4) is 0 Å². The van der Waals surface area contributed by atoms with E-state index >= 15 is 0 Å². The summed E-state index contributed by atoms with van der Waals surface area (Å²) in [6.45, 7) is 3.73. The molecular formula is C11H15F2N3O. The van der Waals surface area contributed by atoms with Crippen LogP contribution in [-0.4, -0.2) is 34.1 Å². The number of alkyl halides is 2. The highest BCUT2D eigenvalue weighted by molar-refractivity contribution is 5.11. The predicted molar refractivity (Wildman–Crippen MR) is 55.5 cm³/mol. The van der Waals surface area contributed by atoms with E-state index in [9.17, 15) is 8.78 Å². The van der Waals surface area contributed by atoms with Gasteiger partial charge in [0.05, 0.1) is 6.54 Å². The molecule has 6 heteroatoms. The van der Waals surface area contributed by atoms with E-state index in [4.69, 9.17) is 4.52 Å². The quantitative estimate of drug-likeness (QED) is 0.796. The summed E-state index contributed by atoms with van der Waals surface area (Å²) in [6, 6.07) is 0. The van der Waals surface area contributed by atoms with Crippen LogP contribution in [0.25, 0.3) is 0 Å². The second kappa shape index (κ2) is 3.48. The highest BCUT2D eigenvalue weighted by Gasteiger charge is 2.70. The first-order valence-corrected chi connectivity index (χ1v) is 5.90. The van der Waals surface area contributed by atoms with Gasteiger partial charge in [0.2, 0.25) is 5.89 Å². The minimum Gasteiger partial charge on any atom is -0.340 e. The molecule has 0 amide bonds. The Morgan fingerprint density at radius 1 is 1.35 bits per heavy atom. The Morgan fingerprint density at radius 2 is 2.00 bits per heavy atom. The average Bonchev–Trinajstić information content (AvgIpc) is 2.59. The molecule has 0 radical (unpaired) electrons. The number of aromatic nitrogens is 2. The Kier molecular flexibility index (Phi) is 2.26. The van der Waals surface area contributed by atoms with Gasteiger partial charge in [0.25, 0.3) is 5.92 Å². The fraction of sp³-hybridized carbons (Fsp3) is 0.818. The molecule has 2 heterocycles. The number of rotatable bonds is 2. The minimum atomic E-state index is -2.41. The topological polar surface area (TPSA) is 42.2 Å². The van der Waals surface area contributed by atoms with Gasteiger partial charge in [0.1, 0.15) is 0 Å². The van der Waals surface area contributed by atoms with Crippen LogP contribution in [0.15, 0.2) is 4.52 Å². The van der Waals surface area contributed by atoms with Gasteiger partial charge in [-0.3, -0.25) is 4.90 Å². The molecule has 1 aromatic heterocycles. The Hall–Kier alpha value is -1.04. The van der Waals surface area contributed by atoms with Gasteiger partial charge in [-0.25, -0.2) is 8.78 Å². The number of likely N-dealkylation sites (tertiary alicyclic amines) is 1. The van der Waals surface area contributed by atoms with Crippen LogP contribution in [0.1, 0.15) is 31.0 Å². The summed E-state index contributed by atoms with van der Waals surface area (Å²) in [5.74, 6) is -1.23. The summed E-state index contributed by atoms with van der Waals surface area (Å²) < 4.78 is 31.2. The van der Waals surface area contributed by atoms with Crippen molar-refractivity contribution in [1.82, 2.24) is 15.0 Å². The molecule has 0 bridgehead atoms. The first-order chi connectivity index (χ1) is 8.01. The molecule has 0 aromatic carbocycles. The van der Waals surface area contributed by atoms with E-state index < -0.39 is 11.3 Å². The molecule has 1 aliphatic carbocycles. The summed E-state index contributed by atoms with van der Waals surface area (Å²) in [7, 11) is 0. The van der Waals surface area contributed by atoms with E-state index in [0.717, 1.165) is 0 Å². The van der Waals surface area contributed by atoms with Crippen LogP contribution < -0.4 is 0 Å². The van der Waals surface area contributed by atoms with Crippen molar-refractivity contribution in [1.29, 1.82) is 0 Å². The van der Waals surface area contributed by atoms with Crippen molar-refractivity contribution in [3.63, 3.8) is 0 Å². The second-order valence-corrected chi connectivity index (χ2v) is 5.17. The minimum absolute atomic E-state index is 0.0785. The number of piperidine rings is 1. The molecule has 1 aliphatic heterocycles. The van der Waals surface area contributed by atoms with E-state index in [-0.39, 0.29) is 6.42 Å². The first-order valence-electron chi connectivity index (χ1n) is 5.90. The van der Waals surface area contributed by atoms with Gasteiger partial charge in [-0.05, 0) is 25.9 Å². The lowest BCUT2D eigenvalue weighted by atomic mass is 9.93. The molecule has 4 nitrogen and oxygen atoms in total. The molecule has 0 atom stereocenters. The summed E-state index contributed by atoms with van der Waals surface area (Å²) in [5, 5.41) is 3.81. The van der Waals surface area contributed by atoms with Crippen molar-refractivity contribution in [2.45, 2.75) is 38.7 Å². The molecule has 1 saturated carbocycles. The zero-order valence-corrected chi connectivity index (χ0v) is 9.75. The average molecular weight is 243 g/mol. The monoisotopic (exact) mass is 243 g/mol. The number of hydrogen-bond donors (Lipinski definition) is 0. The van der Waals surface area contributed by atoms with Gasteiger partial charge in [0, 0.05) is 18.8 Å². The lowest BCUT2D eigenvalue weighted by Gasteiger charge is -2.31. The van der Waals surface area contributed by atoms with Crippen molar-refractivity contribution < 1.29 is 13.3 Å².